The van der Waals surface area contributed by atoms with E-state index in [9.17, 15) is 4.39 Å². The molecule has 0 aliphatic carbocycles. The monoisotopic (exact) mass is 321 g/mol. The van der Waals surface area contributed by atoms with Gasteiger partial charge in [0.15, 0.2) is 0 Å². The van der Waals surface area contributed by atoms with Gasteiger partial charge >= 0.3 is 0 Å². The SMILES string of the molecule is Cc1ccc(C)c(C(C)(N)c2cccc(Br)c2F)c1. The van der Waals surface area contributed by atoms with Gasteiger partial charge in [0.2, 0.25) is 0 Å². The summed E-state index contributed by atoms with van der Waals surface area (Å²) in [5.74, 6) is -0.298. The van der Waals surface area contributed by atoms with Crippen molar-refractivity contribution in [2.24, 2.45) is 5.73 Å². The smallest absolute Gasteiger partial charge is 0.142 e. The quantitative estimate of drug-likeness (QED) is 0.870. The Morgan fingerprint density at radius 1 is 1.11 bits per heavy atom. The fraction of sp³-hybridized carbons (Fsp3) is 0.250. The molecule has 1 unspecified atom stereocenters. The van der Waals surface area contributed by atoms with E-state index in [1.54, 1.807) is 18.2 Å². The van der Waals surface area contributed by atoms with Gasteiger partial charge in [0.1, 0.15) is 5.82 Å². The third-order valence-electron chi connectivity index (χ3n) is 3.46. The van der Waals surface area contributed by atoms with Crippen LogP contribution in [0.2, 0.25) is 0 Å². The van der Waals surface area contributed by atoms with E-state index in [-0.39, 0.29) is 5.82 Å². The second-order valence-electron chi connectivity index (χ2n) is 5.12. The molecule has 100 valence electrons. The van der Waals surface area contributed by atoms with Crippen molar-refractivity contribution in [2.75, 3.05) is 0 Å². The van der Waals surface area contributed by atoms with E-state index in [1.807, 2.05) is 39.0 Å². The van der Waals surface area contributed by atoms with Crippen LogP contribution in [0.3, 0.4) is 0 Å². The normalized spacial score (nSPS) is 14.2. The highest BCUT2D eigenvalue weighted by atomic mass is 79.9. The molecule has 2 N–H and O–H groups in total. The molecule has 1 atom stereocenters. The van der Waals surface area contributed by atoms with Crippen LogP contribution in [0.15, 0.2) is 40.9 Å². The highest BCUT2D eigenvalue weighted by Crippen LogP contribution is 2.33. The van der Waals surface area contributed by atoms with Gasteiger partial charge in [-0.1, -0.05) is 35.9 Å². The molecule has 0 saturated heterocycles. The van der Waals surface area contributed by atoms with E-state index >= 15 is 0 Å². The molecule has 0 amide bonds. The molecule has 0 bridgehead atoms. The fourth-order valence-electron chi connectivity index (χ4n) is 2.35. The van der Waals surface area contributed by atoms with Gasteiger partial charge in [-0.25, -0.2) is 4.39 Å². The van der Waals surface area contributed by atoms with Crippen molar-refractivity contribution < 1.29 is 4.39 Å². The predicted molar refractivity (Wildman–Crippen MR) is 80.7 cm³/mol. The topological polar surface area (TPSA) is 26.0 Å². The molecule has 19 heavy (non-hydrogen) atoms. The van der Waals surface area contributed by atoms with Crippen LogP contribution in [-0.4, -0.2) is 0 Å². The zero-order valence-corrected chi connectivity index (χ0v) is 12.9. The van der Waals surface area contributed by atoms with Gasteiger partial charge in [0, 0.05) is 5.56 Å². The molecule has 3 heteroatoms. The summed E-state index contributed by atoms with van der Waals surface area (Å²) in [5, 5.41) is 0. The highest BCUT2D eigenvalue weighted by Gasteiger charge is 2.29. The average Bonchev–Trinajstić information content (AvgIpc) is 2.35. The lowest BCUT2D eigenvalue weighted by atomic mass is 9.82. The molecule has 0 saturated carbocycles. The first kappa shape index (κ1) is 14.2. The second kappa shape index (κ2) is 5.06. The summed E-state index contributed by atoms with van der Waals surface area (Å²) in [6, 6.07) is 11.3. The zero-order chi connectivity index (χ0) is 14.2. The Morgan fingerprint density at radius 2 is 1.79 bits per heavy atom. The van der Waals surface area contributed by atoms with Gasteiger partial charge in [0.25, 0.3) is 0 Å². The highest BCUT2D eigenvalue weighted by molar-refractivity contribution is 9.10. The summed E-state index contributed by atoms with van der Waals surface area (Å²) >= 11 is 3.21. The maximum Gasteiger partial charge on any atom is 0.142 e. The number of nitrogens with two attached hydrogens (primary N) is 1. The first-order valence-electron chi connectivity index (χ1n) is 6.15. The van der Waals surface area contributed by atoms with Crippen molar-refractivity contribution in [1.29, 1.82) is 0 Å². The van der Waals surface area contributed by atoms with Gasteiger partial charge in [-0.3, -0.25) is 0 Å². The van der Waals surface area contributed by atoms with Crippen LogP contribution in [0.1, 0.15) is 29.2 Å². The molecule has 0 fully saturated rings. The summed E-state index contributed by atoms with van der Waals surface area (Å²) in [7, 11) is 0. The summed E-state index contributed by atoms with van der Waals surface area (Å²) < 4.78 is 14.7. The first-order chi connectivity index (χ1) is 8.84. The van der Waals surface area contributed by atoms with E-state index in [2.05, 4.69) is 15.9 Å². The molecular weight excluding hydrogens is 305 g/mol. The summed E-state index contributed by atoms with van der Waals surface area (Å²) in [4.78, 5) is 0. The number of hydrogen-bond acceptors (Lipinski definition) is 1. The van der Waals surface area contributed by atoms with Crippen LogP contribution in [0.25, 0.3) is 0 Å². The Kier molecular flexibility index (Phi) is 3.79. The van der Waals surface area contributed by atoms with Crippen LogP contribution in [0.4, 0.5) is 4.39 Å². The Balaban J connectivity index is 2.65. The first-order valence-corrected chi connectivity index (χ1v) is 6.94. The minimum absolute atomic E-state index is 0.298. The molecule has 0 aliphatic heterocycles. The lowest BCUT2D eigenvalue weighted by Gasteiger charge is -2.28. The number of aryl methyl sites for hydroxylation is 2. The minimum atomic E-state index is -0.857. The zero-order valence-electron chi connectivity index (χ0n) is 11.3. The van der Waals surface area contributed by atoms with E-state index in [4.69, 9.17) is 5.73 Å². The molecule has 2 rings (SSSR count). The van der Waals surface area contributed by atoms with Crippen LogP contribution in [-0.2, 0) is 5.54 Å². The van der Waals surface area contributed by atoms with Crippen molar-refractivity contribution in [3.63, 3.8) is 0 Å². The lowest BCUT2D eigenvalue weighted by molar-refractivity contribution is 0.525. The van der Waals surface area contributed by atoms with Crippen LogP contribution < -0.4 is 5.73 Å². The molecule has 0 radical (unpaired) electrons. The standard InChI is InChI=1S/C16H17BrFN/c1-10-7-8-11(2)13(9-10)16(3,19)12-5-4-6-14(17)15(12)18/h4-9H,19H2,1-3H3. The molecule has 0 heterocycles. The maximum absolute atomic E-state index is 14.3. The fourth-order valence-corrected chi connectivity index (χ4v) is 2.71. The minimum Gasteiger partial charge on any atom is -0.318 e. The number of rotatable bonds is 2. The largest absolute Gasteiger partial charge is 0.318 e. The Hall–Kier alpha value is -1.19. The number of benzene rings is 2. The summed E-state index contributed by atoms with van der Waals surface area (Å²) in [5.41, 5.74) is 9.21. The van der Waals surface area contributed by atoms with Gasteiger partial charge in [-0.2, -0.15) is 0 Å². The van der Waals surface area contributed by atoms with Crippen molar-refractivity contribution in [2.45, 2.75) is 26.3 Å². The molecular formula is C16H17BrFN. The van der Waals surface area contributed by atoms with Gasteiger partial charge in [-0.05, 0) is 53.9 Å². The third kappa shape index (κ3) is 2.58. The average molecular weight is 322 g/mol. The Labute approximate surface area is 121 Å². The molecule has 1 nitrogen and oxygen atoms in total. The van der Waals surface area contributed by atoms with Crippen molar-refractivity contribution in [3.05, 3.63) is 68.9 Å². The predicted octanol–water partition coefficient (Wildman–Crippen LogP) is 4.43. The van der Waals surface area contributed by atoms with Crippen molar-refractivity contribution in [3.8, 4) is 0 Å². The maximum atomic E-state index is 14.3. The van der Waals surface area contributed by atoms with Crippen molar-refractivity contribution in [1.82, 2.24) is 0 Å². The molecule has 2 aromatic rings. The number of halogens is 2. The van der Waals surface area contributed by atoms with Gasteiger partial charge in [0.05, 0.1) is 10.0 Å². The third-order valence-corrected chi connectivity index (χ3v) is 4.08. The van der Waals surface area contributed by atoms with E-state index in [0.29, 0.717) is 10.0 Å². The lowest BCUT2D eigenvalue weighted by Crippen LogP contribution is -2.36. The van der Waals surface area contributed by atoms with E-state index in [0.717, 1.165) is 16.7 Å². The Bertz CT molecular complexity index is 616. The van der Waals surface area contributed by atoms with Crippen LogP contribution in [0, 0.1) is 19.7 Å². The summed E-state index contributed by atoms with van der Waals surface area (Å²) in [6.07, 6.45) is 0. The van der Waals surface area contributed by atoms with Crippen LogP contribution in [0.5, 0.6) is 0 Å². The molecule has 0 aliphatic rings. The van der Waals surface area contributed by atoms with E-state index < -0.39 is 5.54 Å². The van der Waals surface area contributed by atoms with E-state index in [1.165, 1.54) is 0 Å². The molecule has 0 aromatic heterocycles. The Morgan fingerprint density at radius 3 is 2.47 bits per heavy atom. The van der Waals surface area contributed by atoms with Crippen LogP contribution >= 0.6 is 15.9 Å². The van der Waals surface area contributed by atoms with Gasteiger partial charge < -0.3 is 5.73 Å². The summed E-state index contributed by atoms with van der Waals surface area (Å²) in [6.45, 7) is 5.85. The second-order valence-corrected chi connectivity index (χ2v) is 5.98. The molecule has 2 aromatic carbocycles. The molecule has 0 spiro atoms. The van der Waals surface area contributed by atoms with Gasteiger partial charge in [-0.15, -0.1) is 0 Å². The van der Waals surface area contributed by atoms with Crippen molar-refractivity contribution >= 4 is 15.9 Å². The number of hydrogen-bond donors (Lipinski definition) is 1.